The predicted molar refractivity (Wildman–Crippen MR) is 95.1 cm³/mol. The molecule has 0 fully saturated rings. The fraction of sp³-hybridized carbons (Fsp3) is 0.167. The molecule has 0 bridgehead atoms. The predicted octanol–water partition coefficient (Wildman–Crippen LogP) is 2.72. The Bertz CT molecular complexity index is 967. The molecular formula is C18H17N5O3. The van der Waals surface area contributed by atoms with Crippen LogP contribution in [0.4, 0.5) is 5.69 Å². The molecule has 0 radical (unpaired) electrons. The Morgan fingerprint density at radius 2 is 2.04 bits per heavy atom. The molecule has 1 N–H and O–H groups in total. The SMILES string of the molecule is Cc1ccc(CNC(=O)c2ccc(-n3cncn3)c([N+](=O)[O-])c2)c(C)c1. The Morgan fingerprint density at radius 3 is 2.69 bits per heavy atom. The molecule has 0 atom stereocenters. The van der Waals surface area contributed by atoms with Gasteiger partial charge in [-0.1, -0.05) is 23.8 Å². The molecule has 0 aliphatic rings. The van der Waals surface area contributed by atoms with Gasteiger partial charge < -0.3 is 5.32 Å². The first kappa shape index (κ1) is 17.3. The van der Waals surface area contributed by atoms with Crippen molar-refractivity contribution in [3.8, 4) is 5.69 Å². The van der Waals surface area contributed by atoms with E-state index in [4.69, 9.17) is 0 Å². The average Bonchev–Trinajstić information content (AvgIpc) is 3.14. The van der Waals surface area contributed by atoms with Crippen molar-refractivity contribution < 1.29 is 9.72 Å². The van der Waals surface area contributed by atoms with Crippen LogP contribution in [0.5, 0.6) is 0 Å². The van der Waals surface area contributed by atoms with Crippen molar-refractivity contribution in [1.29, 1.82) is 0 Å². The van der Waals surface area contributed by atoms with Crippen molar-refractivity contribution in [2.24, 2.45) is 0 Å². The molecule has 0 spiro atoms. The topological polar surface area (TPSA) is 103 Å². The van der Waals surface area contributed by atoms with Crippen molar-refractivity contribution in [3.63, 3.8) is 0 Å². The highest BCUT2D eigenvalue weighted by molar-refractivity contribution is 5.95. The van der Waals surface area contributed by atoms with Gasteiger partial charge in [-0.05, 0) is 37.1 Å². The third kappa shape index (κ3) is 3.59. The van der Waals surface area contributed by atoms with Crippen molar-refractivity contribution in [2.75, 3.05) is 0 Å². The van der Waals surface area contributed by atoms with Crippen molar-refractivity contribution in [2.45, 2.75) is 20.4 Å². The fourth-order valence-electron chi connectivity index (χ4n) is 2.66. The highest BCUT2D eigenvalue weighted by Crippen LogP contribution is 2.23. The summed E-state index contributed by atoms with van der Waals surface area (Å²) in [5, 5.41) is 18.1. The summed E-state index contributed by atoms with van der Waals surface area (Å²) in [4.78, 5) is 27.0. The molecule has 3 rings (SSSR count). The zero-order valence-corrected chi connectivity index (χ0v) is 14.3. The molecule has 1 heterocycles. The van der Waals surface area contributed by atoms with Gasteiger partial charge in [0.25, 0.3) is 11.6 Å². The van der Waals surface area contributed by atoms with Crippen LogP contribution in [0.1, 0.15) is 27.0 Å². The van der Waals surface area contributed by atoms with Crippen LogP contribution >= 0.6 is 0 Å². The summed E-state index contributed by atoms with van der Waals surface area (Å²) >= 11 is 0. The maximum atomic E-state index is 12.4. The maximum Gasteiger partial charge on any atom is 0.295 e. The molecule has 0 aliphatic heterocycles. The normalized spacial score (nSPS) is 10.5. The van der Waals surface area contributed by atoms with E-state index in [9.17, 15) is 14.9 Å². The molecule has 0 aliphatic carbocycles. The first-order valence-electron chi connectivity index (χ1n) is 7.93. The molecule has 0 saturated carbocycles. The van der Waals surface area contributed by atoms with E-state index >= 15 is 0 Å². The molecule has 26 heavy (non-hydrogen) atoms. The van der Waals surface area contributed by atoms with Crippen LogP contribution in [-0.2, 0) is 6.54 Å². The van der Waals surface area contributed by atoms with E-state index in [1.807, 2.05) is 32.0 Å². The van der Waals surface area contributed by atoms with E-state index in [0.29, 0.717) is 6.54 Å². The van der Waals surface area contributed by atoms with Gasteiger partial charge in [0.2, 0.25) is 0 Å². The third-order valence-electron chi connectivity index (χ3n) is 4.04. The number of aromatic nitrogens is 3. The van der Waals surface area contributed by atoms with Gasteiger partial charge in [-0.3, -0.25) is 14.9 Å². The number of hydrogen-bond acceptors (Lipinski definition) is 5. The molecule has 0 saturated heterocycles. The minimum absolute atomic E-state index is 0.213. The first-order chi connectivity index (χ1) is 12.5. The molecular weight excluding hydrogens is 334 g/mol. The summed E-state index contributed by atoms with van der Waals surface area (Å²) < 4.78 is 1.29. The number of benzene rings is 2. The second-order valence-corrected chi connectivity index (χ2v) is 5.91. The molecule has 2 aromatic carbocycles. The molecule has 8 heteroatoms. The first-order valence-corrected chi connectivity index (χ1v) is 7.93. The highest BCUT2D eigenvalue weighted by Gasteiger charge is 2.19. The largest absolute Gasteiger partial charge is 0.348 e. The number of carbonyl (C=O) groups is 1. The number of aryl methyl sites for hydroxylation is 2. The Morgan fingerprint density at radius 1 is 1.23 bits per heavy atom. The smallest absolute Gasteiger partial charge is 0.295 e. The van der Waals surface area contributed by atoms with Crippen LogP contribution in [-0.4, -0.2) is 25.6 Å². The molecule has 3 aromatic rings. The summed E-state index contributed by atoms with van der Waals surface area (Å²) in [6.07, 6.45) is 2.65. The lowest BCUT2D eigenvalue weighted by molar-refractivity contribution is -0.384. The van der Waals surface area contributed by atoms with Crippen LogP contribution in [0.3, 0.4) is 0 Å². The fourth-order valence-corrected chi connectivity index (χ4v) is 2.66. The molecule has 8 nitrogen and oxygen atoms in total. The molecule has 1 amide bonds. The lowest BCUT2D eigenvalue weighted by Crippen LogP contribution is -2.23. The Kier molecular flexibility index (Phi) is 4.74. The number of nitro groups is 1. The summed E-state index contributed by atoms with van der Waals surface area (Å²) in [5.41, 5.74) is 3.48. The Labute approximate surface area is 149 Å². The number of carbonyl (C=O) groups excluding carboxylic acids is 1. The van der Waals surface area contributed by atoms with Crippen molar-refractivity contribution in [1.82, 2.24) is 20.1 Å². The number of nitrogens with one attached hydrogen (secondary N) is 1. The van der Waals surface area contributed by atoms with E-state index in [0.717, 1.165) is 16.7 Å². The van der Waals surface area contributed by atoms with Crippen LogP contribution in [0, 0.1) is 24.0 Å². The Balaban J connectivity index is 1.81. The summed E-state index contributed by atoms with van der Waals surface area (Å²) in [5.74, 6) is -0.377. The number of hydrogen-bond donors (Lipinski definition) is 1. The van der Waals surface area contributed by atoms with Gasteiger partial charge in [-0.25, -0.2) is 9.67 Å². The van der Waals surface area contributed by atoms with Gasteiger partial charge in [0.15, 0.2) is 0 Å². The highest BCUT2D eigenvalue weighted by atomic mass is 16.6. The van der Waals surface area contributed by atoms with Crippen LogP contribution < -0.4 is 5.32 Å². The van der Waals surface area contributed by atoms with Gasteiger partial charge in [0.1, 0.15) is 18.3 Å². The van der Waals surface area contributed by atoms with E-state index in [-0.39, 0.29) is 22.8 Å². The van der Waals surface area contributed by atoms with Gasteiger partial charge in [-0.2, -0.15) is 5.10 Å². The summed E-state index contributed by atoms with van der Waals surface area (Å²) in [7, 11) is 0. The third-order valence-corrected chi connectivity index (χ3v) is 4.04. The number of amides is 1. The number of rotatable bonds is 5. The lowest BCUT2D eigenvalue weighted by atomic mass is 10.1. The average molecular weight is 351 g/mol. The van der Waals surface area contributed by atoms with Crippen LogP contribution in [0.2, 0.25) is 0 Å². The standard InChI is InChI=1S/C18H17N5O3/c1-12-3-4-15(13(2)7-12)9-20-18(24)14-5-6-16(17(8-14)23(25)26)22-11-19-10-21-22/h3-8,10-11H,9H2,1-2H3,(H,20,24). The second kappa shape index (κ2) is 7.14. The van der Waals surface area contributed by atoms with Crippen LogP contribution in [0.25, 0.3) is 5.69 Å². The summed E-state index contributed by atoms with van der Waals surface area (Å²) in [6, 6.07) is 10.2. The zero-order valence-electron chi connectivity index (χ0n) is 14.3. The lowest BCUT2D eigenvalue weighted by Gasteiger charge is -2.10. The number of nitrogens with zero attached hydrogens (tertiary/aromatic N) is 4. The molecule has 0 unspecified atom stereocenters. The number of nitro benzene ring substituents is 1. The van der Waals surface area contributed by atoms with E-state index in [1.165, 1.54) is 35.5 Å². The van der Waals surface area contributed by atoms with Crippen LogP contribution in [0.15, 0.2) is 49.1 Å². The molecule has 1 aromatic heterocycles. The maximum absolute atomic E-state index is 12.4. The Hall–Kier alpha value is -3.55. The van der Waals surface area contributed by atoms with E-state index in [1.54, 1.807) is 0 Å². The van der Waals surface area contributed by atoms with Gasteiger partial charge in [0, 0.05) is 18.2 Å². The monoisotopic (exact) mass is 351 g/mol. The van der Waals surface area contributed by atoms with E-state index in [2.05, 4.69) is 15.4 Å². The minimum atomic E-state index is -0.544. The van der Waals surface area contributed by atoms with Gasteiger partial charge in [-0.15, -0.1) is 0 Å². The molecule has 132 valence electrons. The second-order valence-electron chi connectivity index (χ2n) is 5.91. The van der Waals surface area contributed by atoms with E-state index < -0.39 is 4.92 Å². The van der Waals surface area contributed by atoms with Gasteiger partial charge in [0.05, 0.1) is 4.92 Å². The van der Waals surface area contributed by atoms with Crippen molar-refractivity contribution >= 4 is 11.6 Å². The van der Waals surface area contributed by atoms with Gasteiger partial charge >= 0.3 is 0 Å². The van der Waals surface area contributed by atoms with Crippen molar-refractivity contribution in [3.05, 3.63) is 81.4 Å². The quantitative estimate of drug-likeness (QED) is 0.562. The summed E-state index contributed by atoms with van der Waals surface area (Å²) in [6.45, 7) is 4.33. The minimum Gasteiger partial charge on any atom is -0.348 e. The zero-order chi connectivity index (χ0) is 18.7.